The van der Waals surface area contributed by atoms with Crippen LogP contribution in [-0.2, 0) is 18.9 Å². The number of carbonyl (C=O) groups excluding carboxylic acids is 2. The molecule has 2 N–H and O–H groups in total. The summed E-state index contributed by atoms with van der Waals surface area (Å²) in [6.07, 6.45) is -7.48. The maximum Gasteiger partial charge on any atom is 0.453 e. The molecule has 1 aromatic carbocycles. The van der Waals surface area contributed by atoms with Crippen LogP contribution in [0.5, 0.6) is 0 Å². The predicted octanol–water partition coefficient (Wildman–Crippen LogP) is 4.85. The Morgan fingerprint density at radius 2 is 1.79 bits per heavy atom. The number of aromatic nitrogens is 5. The monoisotopic (exact) mass is 595 g/mol. The van der Waals surface area contributed by atoms with E-state index in [4.69, 9.17) is 11.6 Å². The molecule has 0 fully saturated rings. The third-order valence-corrected chi connectivity index (χ3v) is 6.18. The molecule has 0 saturated heterocycles. The van der Waals surface area contributed by atoms with E-state index in [-0.39, 0.29) is 44.1 Å². The predicted molar refractivity (Wildman–Crippen MR) is 131 cm³/mol. The Morgan fingerprint density at radius 3 is 2.38 bits per heavy atom. The van der Waals surface area contributed by atoms with E-state index in [1.54, 1.807) is 6.92 Å². The molecule has 0 radical (unpaired) electrons. The summed E-state index contributed by atoms with van der Waals surface area (Å²) in [4.78, 5) is 36.2. The first-order valence-corrected chi connectivity index (χ1v) is 12.7. The van der Waals surface area contributed by atoms with Gasteiger partial charge in [-0.15, -0.1) is 5.10 Å². The Kier molecular flexibility index (Phi) is 9.10. The highest BCUT2D eigenvalue weighted by atomic mass is 35.5. The topological polar surface area (TPSA) is 115 Å². The fraction of sp³-hybridized carbons (Fsp3) is 0.364. The fourth-order valence-electron chi connectivity index (χ4n) is 3.35. The summed E-state index contributed by atoms with van der Waals surface area (Å²) in [6, 6.07) is 4.08. The molecule has 0 saturated carbocycles. The van der Waals surface area contributed by atoms with Crippen molar-refractivity contribution >= 4 is 40.9 Å². The summed E-state index contributed by atoms with van der Waals surface area (Å²) in [6.45, 7) is 2.30. The lowest BCUT2D eigenvalue weighted by Gasteiger charge is -2.16. The van der Waals surface area contributed by atoms with Gasteiger partial charge in [-0.2, -0.15) is 43.1 Å². The van der Waals surface area contributed by atoms with E-state index in [0.29, 0.717) is 5.75 Å². The van der Waals surface area contributed by atoms with Gasteiger partial charge < -0.3 is 10.6 Å². The molecule has 0 unspecified atom stereocenters. The van der Waals surface area contributed by atoms with Gasteiger partial charge in [0.1, 0.15) is 12.4 Å². The van der Waals surface area contributed by atoms with Crippen LogP contribution < -0.4 is 10.6 Å². The molecule has 39 heavy (non-hydrogen) atoms. The number of thioether (sulfide) groups is 1. The van der Waals surface area contributed by atoms with Crippen molar-refractivity contribution in [2.45, 2.75) is 38.8 Å². The average Bonchev–Trinajstić information content (AvgIpc) is 3.25. The van der Waals surface area contributed by atoms with Gasteiger partial charge in [-0.3, -0.25) is 9.59 Å². The number of hydrogen-bond donors (Lipinski definition) is 2. The lowest BCUT2D eigenvalue weighted by Crippen LogP contribution is -2.35. The van der Waals surface area contributed by atoms with Crippen molar-refractivity contribution in [3.8, 4) is 0 Å². The second-order valence-corrected chi connectivity index (χ2v) is 9.46. The molecule has 3 rings (SSSR count). The van der Waals surface area contributed by atoms with E-state index >= 15 is 0 Å². The average molecular weight is 596 g/mol. The third kappa shape index (κ3) is 7.38. The van der Waals surface area contributed by atoms with Gasteiger partial charge in [0.2, 0.25) is 5.82 Å². The van der Waals surface area contributed by atoms with E-state index in [1.165, 1.54) is 36.9 Å². The minimum absolute atomic E-state index is 0.00471. The number of amides is 2. The molecular formula is C22H20ClF6N7O2S. The Labute approximate surface area is 226 Å². The van der Waals surface area contributed by atoms with Crippen LogP contribution >= 0.6 is 23.4 Å². The molecule has 2 heterocycles. The quantitative estimate of drug-likeness (QED) is 0.358. The van der Waals surface area contributed by atoms with E-state index in [9.17, 15) is 35.9 Å². The van der Waals surface area contributed by atoms with Crippen LogP contribution in [0.1, 0.15) is 50.8 Å². The van der Waals surface area contributed by atoms with Crippen molar-refractivity contribution in [3.05, 3.63) is 63.7 Å². The largest absolute Gasteiger partial charge is 0.453 e. The van der Waals surface area contributed by atoms with Crippen molar-refractivity contribution in [3.63, 3.8) is 0 Å². The number of alkyl halides is 6. The molecule has 2 aromatic heterocycles. The van der Waals surface area contributed by atoms with Gasteiger partial charge in [-0.05, 0) is 32.2 Å². The molecular weight excluding hydrogens is 576 g/mol. The van der Waals surface area contributed by atoms with Crippen LogP contribution in [0.15, 0.2) is 24.4 Å². The van der Waals surface area contributed by atoms with Gasteiger partial charge in [0.15, 0.2) is 0 Å². The van der Waals surface area contributed by atoms with Crippen molar-refractivity contribution in [1.82, 2.24) is 30.0 Å². The summed E-state index contributed by atoms with van der Waals surface area (Å²) in [5.74, 6) is -4.84. The summed E-state index contributed by atoms with van der Waals surface area (Å²) in [5, 5.41) is 8.20. The van der Waals surface area contributed by atoms with Gasteiger partial charge in [-0.25, -0.2) is 14.6 Å². The summed E-state index contributed by atoms with van der Waals surface area (Å²) < 4.78 is 78.3. The van der Waals surface area contributed by atoms with Crippen LogP contribution in [0, 0.1) is 6.92 Å². The first kappa shape index (κ1) is 30.1. The van der Waals surface area contributed by atoms with Crippen molar-refractivity contribution < 1.29 is 35.9 Å². The number of nitrogens with zero attached hydrogens (tertiary/aromatic N) is 5. The lowest BCUT2D eigenvalue weighted by atomic mass is 10.1. The molecule has 3 aromatic rings. The first-order valence-electron chi connectivity index (χ1n) is 10.9. The van der Waals surface area contributed by atoms with Crippen molar-refractivity contribution in [2.75, 3.05) is 17.3 Å². The van der Waals surface area contributed by atoms with E-state index in [2.05, 4.69) is 30.7 Å². The fourth-order valence-corrected chi connectivity index (χ4v) is 4.20. The number of halogens is 7. The molecule has 210 valence electrons. The molecule has 17 heteroatoms. The third-order valence-electron chi connectivity index (χ3n) is 5.03. The zero-order valence-corrected chi connectivity index (χ0v) is 22.0. The first-order chi connectivity index (χ1) is 18.1. The second kappa shape index (κ2) is 11.8. The van der Waals surface area contributed by atoms with Crippen LogP contribution in [-0.4, -0.2) is 54.6 Å². The molecule has 2 amide bonds. The van der Waals surface area contributed by atoms with Crippen molar-refractivity contribution in [1.29, 1.82) is 0 Å². The highest BCUT2D eigenvalue weighted by Gasteiger charge is 2.44. The standard InChI is InChI=1S/C22H20ClF6N7O2S/c1-10(9-39-3)31-18(38)16-12(5-4-6-13(16)23)17(37)33-14-7-30-15(32-11(14)2)8-36-20(22(27,28)29)34-19(35-36)21(24,25)26/h4-7,10H,8-9H2,1-3H3,(H,31,38)(H,33,37)/t10-/m0/s1. The zero-order valence-electron chi connectivity index (χ0n) is 20.4. The van der Waals surface area contributed by atoms with Crippen molar-refractivity contribution in [2.24, 2.45) is 0 Å². The van der Waals surface area contributed by atoms with Gasteiger partial charge in [0.25, 0.3) is 17.6 Å². The van der Waals surface area contributed by atoms with E-state index in [1.807, 2.05) is 6.26 Å². The van der Waals surface area contributed by atoms with Crippen LogP contribution in [0.3, 0.4) is 0 Å². The Morgan fingerprint density at radius 1 is 1.10 bits per heavy atom. The second-order valence-electron chi connectivity index (χ2n) is 8.14. The lowest BCUT2D eigenvalue weighted by molar-refractivity contribution is -0.150. The molecule has 0 aliphatic carbocycles. The van der Waals surface area contributed by atoms with Crippen LogP contribution in [0.4, 0.5) is 32.0 Å². The van der Waals surface area contributed by atoms with Crippen LogP contribution in [0.25, 0.3) is 0 Å². The van der Waals surface area contributed by atoms with Crippen LogP contribution in [0.2, 0.25) is 5.02 Å². The minimum Gasteiger partial charge on any atom is -0.349 e. The number of carbonyl (C=O) groups is 2. The van der Waals surface area contributed by atoms with Gasteiger partial charge in [-0.1, -0.05) is 17.7 Å². The molecule has 0 spiro atoms. The minimum atomic E-state index is -5.21. The molecule has 0 bridgehead atoms. The molecule has 0 aliphatic rings. The van der Waals surface area contributed by atoms with E-state index < -0.39 is 42.4 Å². The number of rotatable bonds is 8. The zero-order chi connectivity index (χ0) is 29.1. The van der Waals surface area contributed by atoms with Gasteiger partial charge in [0, 0.05) is 11.8 Å². The van der Waals surface area contributed by atoms with Gasteiger partial charge >= 0.3 is 12.4 Å². The van der Waals surface area contributed by atoms with Gasteiger partial charge in [0.05, 0.1) is 33.7 Å². The maximum absolute atomic E-state index is 13.2. The number of nitrogens with one attached hydrogen (secondary N) is 2. The SMILES string of the molecule is CSC[C@H](C)NC(=O)c1c(Cl)cccc1C(=O)Nc1cnc(Cn2nc(C(F)(F)F)nc2C(F)(F)F)nc1C. The number of benzene rings is 1. The number of anilines is 1. The molecule has 1 atom stereocenters. The maximum atomic E-state index is 13.2. The highest BCUT2D eigenvalue weighted by Crippen LogP contribution is 2.32. The summed E-state index contributed by atoms with van der Waals surface area (Å²) >= 11 is 7.72. The highest BCUT2D eigenvalue weighted by molar-refractivity contribution is 7.98. The molecule has 0 aliphatic heterocycles. The Bertz CT molecular complexity index is 1380. The Hall–Kier alpha value is -3.40. The summed E-state index contributed by atoms with van der Waals surface area (Å²) in [7, 11) is 0. The normalized spacial score (nSPS) is 12.8. The summed E-state index contributed by atoms with van der Waals surface area (Å²) in [5.41, 5.74) is -0.000716. The molecule has 9 nitrogen and oxygen atoms in total. The number of hydrogen-bond acceptors (Lipinski definition) is 7. The smallest absolute Gasteiger partial charge is 0.349 e. The Balaban J connectivity index is 1.84. The number of aryl methyl sites for hydroxylation is 1. The van der Waals surface area contributed by atoms with E-state index in [0.717, 1.165) is 6.20 Å².